The van der Waals surface area contributed by atoms with Crippen LogP contribution in [0.5, 0.6) is 0 Å². The summed E-state index contributed by atoms with van der Waals surface area (Å²) in [5.41, 5.74) is 5.94. The molecule has 4 heteroatoms. The highest BCUT2D eigenvalue weighted by Crippen LogP contribution is 2.33. The molecule has 1 saturated carbocycles. The number of rotatable bonds is 3. The van der Waals surface area contributed by atoms with Gasteiger partial charge in [-0.05, 0) is 65.8 Å². The summed E-state index contributed by atoms with van der Waals surface area (Å²) >= 11 is 0. The minimum atomic E-state index is 0.0721. The molecule has 2 atom stereocenters. The third-order valence-electron chi connectivity index (χ3n) is 4.84. The van der Waals surface area contributed by atoms with E-state index < -0.39 is 0 Å². The summed E-state index contributed by atoms with van der Waals surface area (Å²) in [6, 6.07) is 0.271. The van der Waals surface area contributed by atoms with Crippen LogP contribution in [0.1, 0.15) is 59.8 Å². The molecule has 2 fully saturated rings. The molecular formula is C16H31N3O. The Kier molecular flexibility index (Phi) is 4.45. The van der Waals surface area contributed by atoms with E-state index in [2.05, 4.69) is 38.3 Å². The fourth-order valence-corrected chi connectivity index (χ4v) is 4.40. The number of hydrogen-bond acceptors (Lipinski definition) is 3. The average Bonchev–Trinajstić information content (AvgIpc) is 2.71. The van der Waals surface area contributed by atoms with Crippen molar-refractivity contribution in [3.05, 3.63) is 0 Å². The highest BCUT2D eigenvalue weighted by Gasteiger charge is 2.40. The highest BCUT2D eigenvalue weighted by molar-refractivity contribution is 5.79. The average molecular weight is 281 g/mol. The Morgan fingerprint density at radius 3 is 2.35 bits per heavy atom. The van der Waals surface area contributed by atoms with Gasteiger partial charge in [-0.2, -0.15) is 0 Å². The van der Waals surface area contributed by atoms with Crippen molar-refractivity contribution in [3.8, 4) is 0 Å². The van der Waals surface area contributed by atoms with Crippen molar-refractivity contribution in [2.24, 2.45) is 17.6 Å². The van der Waals surface area contributed by atoms with Gasteiger partial charge in [-0.1, -0.05) is 6.42 Å². The van der Waals surface area contributed by atoms with Crippen LogP contribution >= 0.6 is 0 Å². The molecule has 4 nitrogen and oxygen atoms in total. The van der Waals surface area contributed by atoms with E-state index in [-0.39, 0.29) is 28.9 Å². The molecule has 1 saturated heterocycles. The minimum absolute atomic E-state index is 0.0721. The lowest BCUT2D eigenvalue weighted by molar-refractivity contribution is -0.127. The smallest absolute Gasteiger partial charge is 0.223 e. The van der Waals surface area contributed by atoms with E-state index in [1.807, 2.05) is 0 Å². The lowest BCUT2D eigenvalue weighted by atomic mass is 9.79. The van der Waals surface area contributed by atoms with Crippen molar-refractivity contribution in [1.82, 2.24) is 10.6 Å². The van der Waals surface area contributed by atoms with Crippen LogP contribution < -0.4 is 16.4 Å². The van der Waals surface area contributed by atoms with Crippen LogP contribution in [0.4, 0.5) is 0 Å². The Balaban J connectivity index is 1.97. The number of hydrogen-bond donors (Lipinski definition) is 3. The van der Waals surface area contributed by atoms with Crippen LogP contribution in [0.2, 0.25) is 0 Å². The van der Waals surface area contributed by atoms with Crippen LogP contribution in [0.15, 0.2) is 0 Å². The second-order valence-electron chi connectivity index (χ2n) is 8.04. The van der Waals surface area contributed by atoms with Gasteiger partial charge in [-0.25, -0.2) is 0 Å². The SMILES string of the molecule is CC1(C)CC(NC(=O)C2CCCC2CN)CC(C)(C)N1. The van der Waals surface area contributed by atoms with Crippen LogP contribution in [0, 0.1) is 11.8 Å². The zero-order valence-corrected chi connectivity index (χ0v) is 13.5. The topological polar surface area (TPSA) is 67.2 Å². The molecule has 0 aromatic carbocycles. The first kappa shape index (κ1) is 15.8. The first-order chi connectivity index (χ1) is 9.22. The predicted octanol–water partition coefficient (Wildman–Crippen LogP) is 1.79. The zero-order valence-electron chi connectivity index (χ0n) is 13.5. The number of carbonyl (C=O) groups excluding carboxylic acids is 1. The maximum Gasteiger partial charge on any atom is 0.223 e. The van der Waals surface area contributed by atoms with Crippen molar-refractivity contribution in [2.45, 2.75) is 76.9 Å². The summed E-state index contributed by atoms with van der Waals surface area (Å²) in [7, 11) is 0. The Bertz CT molecular complexity index is 349. The van der Waals surface area contributed by atoms with Crippen LogP contribution in [0.25, 0.3) is 0 Å². The number of nitrogens with two attached hydrogens (primary N) is 1. The molecule has 0 bridgehead atoms. The Labute approximate surface area is 123 Å². The van der Waals surface area contributed by atoms with E-state index in [9.17, 15) is 4.79 Å². The molecule has 116 valence electrons. The third kappa shape index (κ3) is 3.73. The van der Waals surface area contributed by atoms with Crippen molar-refractivity contribution >= 4 is 5.91 Å². The molecule has 2 rings (SSSR count). The van der Waals surface area contributed by atoms with Crippen molar-refractivity contribution in [2.75, 3.05) is 6.54 Å². The van der Waals surface area contributed by atoms with E-state index in [4.69, 9.17) is 5.73 Å². The molecule has 1 aliphatic heterocycles. The van der Waals surface area contributed by atoms with E-state index in [0.717, 1.165) is 32.1 Å². The zero-order chi connectivity index (χ0) is 15.0. The maximum atomic E-state index is 12.5. The lowest BCUT2D eigenvalue weighted by Gasteiger charge is -2.46. The fourth-order valence-electron chi connectivity index (χ4n) is 4.40. The second-order valence-corrected chi connectivity index (χ2v) is 8.04. The fraction of sp³-hybridized carbons (Fsp3) is 0.938. The van der Waals surface area contributed by atoms with E-state index >= 15 is 0 Å². The Morgan fingerprint density at radius 2 is 1.80 bits per heavy atom. The largest absolute Gasteiger partial charge is 0.353 e. The summed E-state index contributed by atoms with van der Waals surface area (Å²) in [6.45, 7) is 9.49. The van der Waals surface area contributed by atoms with E-state index in [0.29, 0.717) is 12.5 Å². The lowest BCUT2D eigenvalue weighted by Crippen LogP contribution is -2.62. The molecule has 4 N–H and O–H groups in total. The van der Waals surface area contributed by atoms with Crippen molar-refractivity contribution in [1.29, 1.82) is 0 Å². The number of nitrogens with one attached hydrogen (secondary N) is 2. The van der Waals surface area contributed by atoms with Gasteiger partial charge in [0.2, 0.25) is 5.91 Å². The van der Waals surface area contributed by atoms with Crippen LogP contribution in [-0.2, 0) is 4.79 Å². The minimum Gasteiger partial charge on any atom is -0.353 e. The molecule has 2 unspecified atom stereocenters. The van der Waals surface area contributed by atoms with Gasteiger partial charge in [0.15, 0.2) is 0 Å². The Hall–Kier alpha value is -0.610. The summed E-state index contributed by atoms with van der Waals surface area (Å²) in [5.74, 6) is 0.760. The van der Waals surface area contributed by atoms with E-state index in [1.54, 1.807) is 0 Å². The first-order valence-corrected chi connectivity index (χ1v) is 8.02. The Morgan fingerprint density at radius 1 is 1.20 bits per heavy atom. The van der Waals surface area contributed by atoms with Crippen LogP contribution in [-0.4, -0.2) is 29.6 Å². The van der Waals surface area contributed by atoms with Crippen molar-refractivity contribution < 1.29 is 4.79 Å². The standard InChI is InChI=1S/C16H31N3O/c1-15(2)8-12(9-16(3,4)19-15)18-14(20)13-7-5-6-11(13)10-17/h11-13,19H,5-10,17H2,1-4H3,(H,18,20). The van der Waals surface area contributed by atoms with Gasteiger partial charge < -0.3 is 16.4 Å². The predicted molar refractivity (Wildman–Crippen MR) is 82.3 cm³/mol. The van der Waals surface area contributed by atoms with E-state index in [1.165, 1.54) is 0 Å². The number of amides is 1. The van der Waals surface area contributed by atoms with Gasteiger partial charge in [0.25, 0.3) is 0 Å². The summed E-state index contributed by atoms with van der Waals surface area (Å²) in [5, 5.41) is 6.96. The first-order valence-electron chi connectivity index (χ1n) is 8.02. The molecule has 20 heavy (non-hydrogen) atoms. The molecule has 1 heterocycles. The van der Waals surface area contributed by atoms with Gasteiger partial charge in [0, 0.05) is 23.0 Å². The van der Waals surface area contributed by atoms with Gasteiger partial charge in [0.1, 0.15) is 0 Å². The summed E-state index contributed by atoms with van der Waals surface area (Å²) < 4.78 is 0. The van der Waals surface area contributed by atoms with Gasteiger partial charge in [-0.3, -0.25) is 4.79 Å². The number of piperidine rings is 1. The van der Waals surface area contributed by atoms with Crippen molar-refractivity contribution in [3.63, 3.8) is 0 Å². The van der Waals surface area contributed by atoms with Crippen LogP contribution in [0.3, 0.4) is 0 Å². The molecule has 2 aliphatic rings. The monoisotopic (exact) mass is 281 g/mol. The normalized spacial score (nSPS) is 33.0. The van der Waals surface area contributed by atoms with Gasteiger partial charge in [-0.15, -0.1) is 0 Å². The highest BCUT2D eigenvalue weighted by atomic mass is 16.2. The van der Waals surface area contributed by atoms with Gasteiger partial charge in [0.05, 0.1) is 0 Å². The molecule has 0 aromatic heterocycles. The molecule has 1 aliphatic carbocycles. The molecule has 0 aromatic rings. The molecule has 0 spiro atoms. The molecule has 1 amide bonds. The molecular weight excluding hydrogens is 250 g/mol. The summed E-state index contributed by atoms with van der Waals surface area (Å²) in [4.78, 5) is 12.5. The summed E-state index contributed by atoms with van der Waals surface area (Å²) in [6.07, 6.45) is 5.23. The van der Waals surface area contributed by atoms with Gasteiger partial charge >= 0.3 is 0 Å². The third-order valence-corrected chi connectivity index (χ3v) is 4.84. The number of carbonyl (C=O) groups is 1. The molecule has 0 radical (unpaired) electrons. The quantitative estimate of drug-likeness (QED) is 0.739. The second kappa shape index (κ2) is 5.64. The maximum absolute atomic E-state index is 12.5.